The Labute approximate surface area is 264 Å². The van der Waals surface area contributed by atoms with Crippen molar-refractivity contribution in [2.45, 2.75) is 148 Å². The molecule has 5 unspecified atom stereocenters. The first-order valence-electron chi connectivity index (χ1n) is 18.2. The molecule has 1 heterocycles. The van der Waals surface area contributed by atoms with E-state index in [-0.39, 0.29) is 11.0 Å². The zero-order valence-corrected chi connectivity index (χ0v) is 28.5. The molecule has 2 heteroatoms. The Kier molecular flexibility index (Phi) is 9.36. The highest BCUT2D eigenvalue weighted by Gasteiger charge is 2.56. The van der Waals surface area contributed by atoms with Crippen LogP contribution in [0.15, 0.2) is 42.5 Å². The van der Waals surface area contributed by atoms with Crippen molar-refractivity contribution in [3.05, 3.63) is 64.7 Å². The molecule has 6 rings (SSSR count). The third-order valence-electron chi connectivity index (χ3n) is 12.2. The van der Waals surface area contributed by atoms with E-state index in [9.17, 15) is 0 Å². The van der Waals surface area contributed by atoms with E-state index in [4.69, 9.17) is 4.74 Å². The van der Waals surface area contributed by atoms with Crippen LogP contribution in [0.5, 0.6) is 0 Å². The number of fused-ring (bicyclic) bond motifs is 5. The van der Waals surface area contributed by atoms with E-state index in [1.54, 1.807) is 22.4 Å². The van der Waals surface area contributed by atoms with Crippen LogP contribution in [0.2, 0.25) is 0 Å². The summed E-state index contributed by atoms with van der Waals surface area (Å²) < 4.78 is 5.93. The van der Waals surface area contributed by atoms with Crippen molar-refractivity contribution < 1.29 is 4.74 Å². The Hall–Kier alpha value is -1.80. The molecule has 0 radical (unpaired) electrons. The minimum absolute atomic E-state index is 0.00140. The number of hydrogen-bond donors (Lipinski definition) is 0. The number of aryl methyl sites for hydroxylation is 1. The van der Waals surface area contributed by atoms with E-state index in [0.717, 1.165) is 24.4 Å². The van der Waals surface area contributed by atoms with Crippen LogP contribution < -0.4 is 4.90 Å². The molecule has 2 aromatic carbocycles. The van der Waals surface area contributed by atoms with E-state index < -0.39 is 0 Å². The summed E-state index contributed by atoms with van der Waals surface area (Å²) in [6, 6.07) is 17.6. The highest BCUT2D eigenvalue weighted by Crippen LogP contribution is 2.67. The fourth-order valence-corrected chi connectivity index (χ4v) is 9.95. The molecule has 2 aromatic rings. The molecule has 43 heavy (non-hydrogen) atoms. The van der Waals surface area contributed by atoms with Gasteiger partial charge in [-0.2, -0.15) is 0 Å². The van der Waals surface area contributed by atoms with Crippen LogP contribution in [0.4, 0.5) is 5.69 Å². The molecule has 0 saturated heterocycles. The van der Waals surface area contributed by atoms with E-state index in [1.807, 2.05) is 0 Å². The molecular weight excluding hydrogens is 522 g/mol. The number of anilines is 1. The Bertz CT molecular complexity index is 1220. The van der Waals surface area contributed by atoms with Crippen molar-refractivity contribution in [3.8, 4) is 0 Å². The van der Waals surface area contributed by atoms with Crippen molar-refractivity contribution in [2.24, 2.45) is 23.2 Å². The second kappa shape index (κ2) is 12.9. The van der Waals surface area contributed by atoms with Gasteiger partial charge in [-0.05, 0) is 112 Å². The normalized spacial score (nSPS) is 27.4. The zero-order chi connectivity index (χ0) is 30.2. The lowest BCUT2D eigenvalue weighted by Gasteiger charge is -2.42. The van der Waals surface area contributed by atoms with Crippen LogP contribution in [0.1, 0.15) is 158 Å². The molecule has 2 nitrogen and oxygen atoms in total. The molecule has 236 valence electrons. The number of ether oxygens (including phenoxy) is 1. The number of rotatable bonds is 11. The molecule has 0 amide bonds. The fraction of sp³-hybridized carbons (Fsp3) is 0.707. The van der Waals surface area contributed by atoms with Gasteiger partial charge < -0.3 is 9.64 Å². The van der Waals surface area contributed by atoms with Gasteiger partial charge in [0.15, 0.2) is 0 Å². The van der Waals surface area contributed by atoms with Gasteiger partial charge in [0.2, 0.25) is 0 Å². The Morgan fingerprint density at radius 3 is 2.28 bits per heavy atom. The molecule has 3 aliphatic carbocycles. The Balaban J connectivity index is 1.17. The molecule has 2 saturated carbocycles. The quantitative estimate of drug-likeness (QED) is 0.244. The molecule has 0 N–H and O–H groups in total. The van der Waals surface area contributed by atoms with Gasteiger partial charge in [0.25, 0.3) is 0 Å². The first kappa shape index (κ1) is 31.2. The third kappa shape index (κ3) is 6.61. The SMILES string of the molecule is Cc1ccc2c(c1)C1C(c3ccccc3C1C(C)(C)C1CCC(CCCCCCOC(C)(C)C)C1)N2CC1CCCCC1. The molecule has 0 aromatic heterocycles. The summed E-state index contributed by atoms with van der Waals surface area (Å²) in [4.78, 5) is 2.90. The Morgan fingerprint density at radius 2 is 1.51 bits per heavy atom. The number of benzene rings is 2. The number of nitrogens with zero attached hydrogens (tertiary/aromatic N) is 1. The lowest BCUT2D eigenvalue weighted by molar-refractivity contribution is -0.00476. The maximum absolute atomic E-state index is 5.93. The van der Waals surface area contributed by atoms with Crippen molar-refractivity contribution in [1.82, 2.24) is 0 Å². The summed E-state index contributed by atoms with van der Waals surface area (Å²) in [5.41, 5.74) is 8.23. The summed E-state index contributed by atoms with van der Waals surface area (Å²) in [5, 5.41) is 0. The predicted octanol–water partition coefficient (Wildman–Crippen LogP) is 11.5. The van der Waals surface area contributed by atoms with Gasteiger partial charge >= 0.3 is 0 Å². The van der Waals surface area contributed by atoms with Gasteiger partial charge in [0, 0.05) is 24.8 Å². The fourth-order valence-electron chi connectivity index (χ4n) is 9.95. The molecule has 2 fully saturated rings. The molecule has 4 aliphatic rings. The summed E-state index contributed by atoms with van der Waals surface area (Å²) >= 11 is 0. The van der Waals surface area contributed by atoms with Crippen LogP contribution in [-0.4, -0.2) is 18.8 Å². The monoisotopic (exact) mass is 583 g/mol. The minimum atomic E-state index is -0.00140. The molecule has 0 bridgehead atoms. The highest BCUT2D eigenvalue weighted by atomic mass is 16.5. The molecule has 1 aliphatic heterocycles. The van der Waals surface area contributed by atoms with E-state index in [0.29, 0.717) is 17.9 Å². The lowest BCUT2D eigenvalue weighted by atomic mass is 9.62. The average Bonchev–Trinajstić information content (AvgIpc) is 3.66. The van der Waals surface area contributed by atoms with Crippen LogP contribution >= 0.6 is 0 Å². The van der Waals surface area contributed by atoms with Gasteiger partial charge in [-0.25, -0.2) is 0 Å². The summed E-state index contributed by atoms with van der Waals surface area (Å²) in [6.45, 7) is 16.3. The van der Waals surface area contributed by atoms with Crippen LogP contribution in [0, 0.1) is 30.1 Å². The van der Waals surface area contributed by atoms with E-state index in [1.165, 1.54) is 95.6 Å². The van der Waals surface area contributed by atoms with Crippen molar-refractivity contribution >= 4 is 5.69 Å². The molecule has 0 spiro atoms. The first-order valence-corrected chi connectivity index (χ1v) is 18.2. The van der Waals surface area contributed by atoms with Crippen LogP contribution in [0.25, 0.3) is 0 Å². The minimum Gasteiger partial charge on any atom is -0.376 e. The summed E-state index contributed by atoms with van der Waals surface area (Å²) in [7, 11) is 0. The standard InChI is InChI=1S/C41H61NO/c1-29-21-24-36-35(26-29)37-38(33-19-13-14-20-34(33)39(37)42(36)28-31-17-11-9-12-18-31)41(5,6)32-23-22-30(27-32)16-10-7-8-15-25-43-40(2,3)4/h13-14,19-21,24,26,30-32,37-39H,7-12,15-18,22-23,25,27-28H2,1-6H3. The van der Waals surface area contributed by atoms with Crippen molar-refractivity contribution in [3.63, 3.8) is 0 Å². The number of unbranched alkanes of at least 4 members (excludes halogenated alkanes) is 3. The van der Waals surface area contributed by atoms with Crippen LogP contribution in [-0.2, 0) is 4.74 Å². The first-order chi connectivity index (χ1) is 20.6. The zero-order valence-electron chi connectivity index (χ0n) is 28.5. The van der Waals surface area contributed by atoms with Gasteiger partial charge in [-0.1, -0.05) is 107 Å². The van der Waals surface area contributed by atoms with Crippen molar-refractivity contribution in [1.29, 1.82) is 0 Å². The maximum atomic E-state index is 5.93. The highest BCUT2D eigenvalue weighted by molar-refractivity contribution is 5.68. The number of hydrogen-bond acceptors (Lipinski definition) is 2. The van der Waals surface area contributed by atoms with Gasteiger partial charge in [-0.15, -0.1) is 0 Å². The van der Waals surface area contributed by atoms with Gasteiger partial charge in [0.1, 0.15) is 0 Å². The Morgan fingerprint density at radius 1 is 0.767 bits per heavy atom. The largest absolute Gasteiger partial charge is 0.376 e. The maximum Gasteiger partial charge on any atom is 0.0620 e. The van der Waals surface area contributed by atoms with Gasteiger partial charge in [-0.3, -0.25) is 0 Å². The summed E-state index contributed by atoms with van der Waals surface area (Å²) in [6.07, 6.45) is 18.1. The smallest absolute Gasteiger partial charge is 0.0620 e. The van der Waals surface area contributed by atoms with Gasteiger partial charge in [0.05, 0.1) is 11.6 Å². The van der Waals surface area contributed by atoms with E-state index >= 15 is 0 Å². The lowest BCUT2D eigenvalue weighted by Crippen LogP contribution is -2.34. The third-order valence-corrected chi connectivity index (χ3v) is 12.2. The second-order valence-corrected chi connectivity index (χ2v) is 16.7. The van der Waals surface area contributed by atoms with Crippen molar-refractivity contribution in [2.75, 3.05) is 18.1 Å². The second-order valence-electron chi connectivity index (χ2n) is 16.7. The topological polar surface area (TPSA) is 12.5 Å². The molecule has 5 atom stereocenters. The van der Waals surface area contributed by atoms with E-state index in [2.05, 4.69) is 88.9 Å². The average molecular weight is 584 g/mol. The van der Waals surface area contributed by atoms with Crippen LogP contribution in [0.3, 0.4) is 0 Å². The molecular formula is C41H61NO. The summed E-state index contributed by atoms with van der Waals surface area (Å²) in [5.74, 6) is 3.76. The predicted molar refractivity (Wildman–Crippen MR) is 183 cm³/mol.